The largest absolute Gasteiger partial charge is 0.382 e. The molecule has 8 heteroatoms. The van der Waals surface area contributed by atoms with Crippen molar-refractivity contribution in [2.45, 2.75) is 46.7 Å². The molecule has 0 fully saturated rings. The summed E-state index contributed by atoms with van der Waals surface area (Å²) in [7, 11) is -3.78. The van der Waals surface area contributed by atoms with Gasteiger partial charge in [-0.3, -0.25) is 4.79 Å². The molecule has 0 saturated heterocycles. The van der Waals surface area contributed by atoms with Gasteiger partial charge < -0.3 is 14.0 Å². The first-order chi connectivity index (χ1) is 14.6. The Kier molecular flexibility index (Phi) is 8.44. The van der Waals surface area contributed by atoms with Gasteiger partial charge in [-0.05, 0) is 45.4 Å². The highest BCUT2D eigenvalue weighted by Crippen LogP contribution is 2.29. The second-order valence-electron chi connectivity index (χ2n) is 7.42. The monoisotopic (exact) mass is 450 g/mol. The summed E-state index contributed by atoms with van der Waals surface area (Å²) in [5.41, 5.74) is 1.34. The summed E-state index contributed by atoms with van der Waals surface area (Å²) in [6.45, 7) is 9.41. The Labute approximate surface area is 184 Å². The predicted molar refractivity (Wildman–Crippen MR) is 122 cm³/mol. The van der Waals surface area contributed by atoms with Gasteiger partial charge in [0.15, 0.2) is 0 Å². The van der Waals surface area contributed by atoms with Gasteiger partial charge in [0, 0.05) is 43.0 Å². The Morgan fingerprint density at radius 3 is 2.29 bits per heavy atom. The average molecular weight is 451 g/mol. The SMILES string of the molecule is CCC(C)N(Cc1ccc(N(CC)CC)cc1OS(C)(=O)=O)C(=O)c1ccccc1F. The number of benzene rings is 2. The molecule has 6 nitrogen and oxygen atoms in total. The number of hydrogen-bond acceptors (Lipinski definition) is 5. The van der Waals surface area contributed by atoms with Crippen LogP contribution in [0.3, 0.4) is 0 Å². The standard InChI is InChI=1S/C23H31FN2O4S/c1-6-17(4)26(23(27)20-11-9-10-12-21(20)24)16-18-13-14-19(25(7-2)8-3)15-22(18)30-31(5,28)29/h9-15,17H,6-8,16H2,1-5H3. The minimum absolute atomic E-state index is 0.0202. The van der Waals surface area contributed by atoms with Crippen molar-refractivity contribution in [2.24, 2.45) is 0 Å². The molecule has 0 aliphatic rings. The van der Waals surface area contributed by atoms with Gasteiger partial charge in [0.2, 0.25) is 0 Å². The van der Waals surface area contributed by atoms with Crippen molar-refractivity contribution in [3.63, 3.8) is 0 Å². The van der Waals surface area contributed by atoms with Crippen molar-refractivity contribution < 1.29 is 21.8 Å². The summed E-state index contributed by atoms with van der Waals surface area (Å²) >= 11 is 0. The van der Waals surface area contributed by atoms with Crippen molar-refractivity contribution in [3.8, 4) is 5.75 Å². The van der Waals surface area contributed by atoms with Crippen LogP contribution in [0.1, 0.15) is 50.0 Å². The van der Waals surface area contributed by atoms with E-state index in [1.807, 2.05) is 33.8 Å². The van der Waals surface area contributed by atoms with Crippen LogP contribution in [-0.2, 0) is 16.7 Å². The highest BCUT2D eigenvalue weighted by Gasteiger charge is 2.25. The van der Waals surface area contributed by atoms with Crippen molar-refractivity contribution in [1.29, 1.82) is 0 Å². The predicted octanol–water partition coefficient (Wildman–Crippen LogP) is 4.45. The summed E-state index contributed by atoms with van der Waals surface area (Å²) in [5.74, 6) is -0.877. The van der Waals surface area contributed by atoms with Crippen molar-refractivity contribution >= 4 is 21.7 Å². The number of hydrogen-bond donors (Lipinski definition) is 0. The third-order valence-corrected chi connectivity index (χ3v) is 5.73. The molecule has 1 unspecified atom stereocenters. The van der Waals surface area contributed by atoms with E-state index < -0.39 is 21.8 Å². The van der Waals surface area contributed by atoms with Crippen LogP contribution in [0, 0.1) is 5.82 Å². The second kappa shape index (κ2) is 10.6. The summed E-state index contributed by atoms with van der Waals surface area (Å²) in [5, 5.41) is 0. The molecule has 0 aliphatic carbocycles. The van der Waals surface area contributed by atoms with E-state index in [0.29, 0.717) is 12.0 Å². The molecule has 0 N–H and O–H groups in total. The van der Waals surface area contributed by atoms with Gasteiger partial charge in [0.05, 0.1) is 11.8 Å². The van der Waals surface area contributed by atoms with E-state index in [0.717, 1.165) is 25.0 Å². The van der Waals surface area contributed by atoms with Crippen LogP contribution < -0.4 is 9.08 Å². The normalized spacial score (nSPS) is 12.3. The molecule has 2 aromatic rings. The van der Waals surface area contributed by atoms with Crippen LogP contribution in [0.15, 0.2) is 42.5 Å². The number of halogens is 1. The van der Waals surface area contributed by atoms with Crippen LogP contribution >= 0.6 is 0 Å². The van der Waals surface area contributed by atoms with Crippen LogP contribution in [0.2, 0.25) is 0 Å². The molecule has 1 atom stereocenters. The molecule has 0 aliphatic heterocycles. The molecular formula is C23H31FN2O4S. The third kappa shape index (κ3) is 6.43. The Morgan fingerprint density at radius 2 is 1.74 bits per heavy atom. The lowest BCUT2D eigenvalue weighted by atomic mass is 10.1. The third-order valence-electron chi connectivity index (χ3n) is 5.25. The van der Waals surface area contributed by atoms with Gasteiger partial charge in [-0.15, -0.1) is 0 Å². The number of carbonyl (C=O) groups is 1. The Hall–Kier alpha value is -2.61. The zero-order chi connectivity index (χ0) is 23.2. The lowest BCUT2D eigenvalue weighted by Crippen LogP contribution is -2.38. The highest BCUT2D eigenvalue weighted by molar-refractivity contribution is 7.86. The summed E-state index contributed by atoms with van der Waals surface area (Å²) in [4.78, 5) is 16.8. The Balaban J connectivity index is 2.50. The molecule has 1 amide bonds. The van der Waals surface area contributed by atoms with Crippen molar-refractivity contribution in [2.75, 3.05) is 24.2 Å². The number of nitrogens with zero attached hydrogens (tertiary/aromatic N) is 2. The first-order valence-corrected chi connectivity index (χ1v) is 12.3. The average Bonchev–Trinajstić information content (AvgIpc) is 2.72. The molecule has 0 aromatic heterocycles. The zero-order valence-corrected chi connectivity index (χ0v) is 19.6. The number of rotatable bonds is 10. The molecule has 0 bridgehead atoms. The molecule has 31 heavy (non-hydrogen) atoms. The van der Waals surface area contributed by atoms with Gasteiger partial charge in [-0.25, -0.2) is 4.39 Å². The molecule has 170 valence electrons. The fourth-order valence-electron chi connectivity index (χ4n) is 3.32. The maximum absolute atomic E-state index is 14.3. The van der Waals surface area contributed by atoms with Crippen LogP contribution in [0.5, 0.6) is 5.75 Å². The summed E-state index contributed by atoms with van der Waals surface area (Å²) in [6, 6.07) is 11.0. The summed E-state index contributed by atoms with van der Waals surface area (Å²) < 4.78 is 43.3. The first-order valence-electron chi connectivity index (χ1n) is 10.4. The summed E-state index contributed by atoms with van der Waals surface area (Å²) in [6.07, 6.45) is 1.64. The minimum Gasteiger partial charge on any atom is -0.382 e. The maximum atomic E-state index is 14.3. The topological polar surface area (TPSA) is 66.9 Å². The lowest BCUT2D eigenvalue weighted by Gasteiger charge is -2.30. The van der Waals surface area contributed by atoms with Gasteiger partial charge in [-0.2, -0.15) is 8.42 Å². The van der Waals surface area contributed by atoms with Crippen molar-refractivity contribution in [3.05, 3.63) is 59.4 Å². The van der Waals surface area contributed by atoms with E-state index in [1.165, 1.54) is 18.2 Å². The van der Waals surface area contributed by atoms with Gasteiger partial charge in [0.1, 0.15) is 11.6 Å². The number of anilines is 1. The van der Waals surface area contributed by atoms with E-state index in [1.54, 1.807) is 23.1 Å². The smallest absolute Gasteiger partial charge is 0.306 e. The van der Waals surface area contributed by atoms with Crippen molar-refractivity contribution in [1.82, 2.24) is 4.90 Å². The number of carbonyl (C=O) groups excluding carboxylic acids is 1. The van der Waals surface area contributed by atoms with E-state index in [9.17, 15) is 17.6 Å². The van der Waals surface area contributed by atoms with Gasteiger partial charge in [-0.1, -0.05) is 25.1 Å². The molecule has 0 saturated carbocycles. The van der Waals surface area contributed by atoms with E-state index in [-0.39, 0.29) is 23.9 Å². The second-order valence-corrected chi connectivity index (χ2v) is 9.00. The molecule has 0 spiro atoms. The molecule has 2 rings (SSSR count). The fraction of sp³-hybridized carbons (Fsp3) is 0.435. The minimum atomic E-state index is -3.78. The Bertz CT molecular complexity index is 1010. The van der Waals surface area contributed by atoms with Crippen LogP contribution in [0.25, 0.3) is 0 Å². The van der Waals surface area contributed by atoms with Crippen LogP contribution in [0.4, 0.5) is 10.1 Å². The molecular weight excluding hydrogens is 419 g/mol. The van der Waals surface area contributed by atoms with Gasteiger partial charge >= 0.3 is 10.1 Å². The quantitative estimate of drug-likeness (QED) is 0.500. The lowest BCUT2D eigenvalue weighted by molar-refractivity contribution is 0.0666. The van der Waals surface area contributed by atoms with E-state index >= 15 is 0 Å². The zero-order valence-electron chi connectivity index (χ0n) is 18.8. The maximum Gasteiger partial charge on any atom is 0.306 e. The van der Waals surface area contributed by atoms with Gasteiger partial charge in [0.25, 0.3) is 5.91 Å². The van der Waals surface area contributed by atoms with E-state index in [2.05, 4.69) is 4.90 Å². The highest BCUT2D eigenvalue weighted by atomic mass is 32.2. The fourth-order valence-corrected chi connectivity index (χ4v) is 3.80. The first kappa shape index (κ1) is 24.7. The van der Waals surface area contributed by atoms with Crippen LogP contribution in [-0.4, -0.2) is 44.6 Å². The number of amides is 1. The van der Waals surface area contributed by atoms with E-state index in [4.69, 9.17) is 4.18 Å². The molecule has 0 radical (unpaired) electrons. The Morgan fingerprint density at radius 1 is 1.10 bits per heavy atom. The molecule has 2 aromatic carbocycles. The molecule has 0 heterocycles.